The predicted molar refractivity (Wildman–Crippen MR) is 101 cm³/mol. The second kappa shape index (κ2) is 8.16. The molecule has 2 amide bonds. The van der Waals surface area contributed by atoms with E-state index in [-0.39, 0.29) is 11.8 Å². The van der Waals surface area contributed by atoms with E-state index in [0.717, 1.165) is 17.3 Å². The molecule has 8 heteroatoms. The van der Waals surface area contributed by atoms with E-state index in [4.69, 9.17) is 16.3 Å². The summed E-state index contributed by atoms with van der Waals surface area (Å²) in [5.41, 5.74) is 1.36. The Morgan fingerprint density at radius 3 is 2.50 bits per heavy atom. The van der Waals surface area contributed by atoms with Gasteiger partial charge in [-0.2, -0.15) is 4.91 Å². The van der Waals surface area contributed by atoms with Crippen LogP contribution in [-0.2, 0) is 4.79 Å². The topological polar surface area (TPSA) is 84.8 Å². The fraction of sp³-hybridized carbons (Fsp3) is 0.111. The molecule has 0 radical (unpaired) electrons. The Hall–Kier alpha value is -2.64. The number of hydrogen-bond acceptors (Lipinski definition) is 6. The van der Waals surface area contributed by atoms with Crippen molar-refractivity contribution in [2.75, 3.05) is 6.61 Å². The van der Waals surface area contributed by atoms with E-state index >= 15 is 0 Å². The number of nitrogens with one attached hydrogen (secondary N) is 1. The molecule has 2 aromatic carbocycles. The third-order valence-electron chi connectivity index (χ3n) is 3.62. The highest BCUT2D eigenvalue weighted by Gasteiger charge is 2.24. The Kier molecular flexibility index (Phi) is 5.70. The summed E-state index contributed by atoms with van der Waals surface area (Å²) in [6.07, 6.45) is 1.62. The van der Waals surface area contributed by atoms with Gasteiger partial charge in [-0.05, 0) is 41.6 Å². The Morgan fingerprint density at radius 1 is 1.15 bits per heavy atom. The Bertz CT molecular complexity index is 883. The summed E-state index contributed by atoms with van der Waals surface area (Å²) in [5.74, 6) is 0.146. The smallest absolute Gasteiger partial charge is 0.290 e. The second-order valence-electron chi connectivity index (χ2n) is 5.37. The summed E-state index contributed by atoms with van der Waals surface area (Å²) in [6.45, 7) is 0.0560. The highest BCUT2D eigenvalue weighted by molar-refractivity contribution is 8.18. The number of rotatable bonds is 6. The minimum atomic E-state index is -0.713. The van der Waals surface area contributed by atoms with E-state index in [0.29, 0.717) is 21.2 Å². The minimum Gasteiger partial charge on any atom is -0.491 e. The number of carbonyl (C=O) groups excluding carboxylic acids is 2. The van der Waals surface area contributed by atoms with Crippen molar-refractivity contribution in [3.8, 4) is 5.75 Å². The maximum Gasteiger partial charge on any atom is 0.290 e. The molecule has 0 bridgehead atoms. The Morgan fingerprint density at radius 2 is 1.88 bits per heavy atom. The monoisotopic (exact) mass is 388 g/mol. The van der Waals surface area contributed by atoms with Crippen LogP contribution in [-0.4, -0.2) is 17.8 Å². The van der Waals surface area contributed by atoms with Crippen LogP contribution in [0.25, 0.3) is 6.08 Å². The van der Waals surface area contributed by atoms with Crippen LogP contribution < -0.4 is 10.1 Å². The highest BCUT2D eigenvalue weighted by Crippen LogP contribution is 2.28. The average molecular weight is 389 g/mol. The van der Waals surface area contributed by atoms with E-state index in [9.17, 15) is 14.5 Å². The zero-order valence-corrected chi connectivity index (χ0v) is 14.9. The summed E-state index contributed by atoms with van der Waals surface area (Å²) in [4.78, 5) is 34.1. The fourth-order valence-electron chi connectivity index (χ4n) is 2.33. The van der Waals surface area contributed by atoms with Crippen LogP contribution in [0.4, 0.5) is 4.79 Å². The van der Waals surface area contributed by atoms with Crippen LogP contribution >= 0.6 is 23.4 Å². The quantitative estimate of drug-likeness (QED) is 0.579. The van der Waals surface area contributed by atoms with Gasteiger partial charge in [-0.3, -0.25) is 14.9 Å². The summed E-state index contributed by atoms with van der Waals surface area (Å²) in [6, 6.07) is 13.2. The number of thioether (sulfide) groups is 1. The Labute approximate surface area is 158 Å². The molecule has 1 N–H and O–H groups in total. The summed E-state index contributed by atoms with van der Waals surface area (Å²) in [5, 5.41) is 5.37. The molecule has 0 aromatic heterocycles. The number of halogens is 1. The lowest BCUT2D eigenvalue weighted by Crippen LogP contribution is -2.17. The highest BCUT2D eigenvalue weighted by atomic mass is 35.5. The molecule has 1 heterocycles. The number of nitrogens with zero attached hydrogens (tertiary/aromatic N) is 1. The number of benzene rings is 2. The standard InChI is InChI=1S/C18H13ClN2O4S/c19-14-4-2-1-3-13(14)15(21-24)10-25-12-7-5-11(6-8-12)9-16-17(22)20-18(23)26-16/h1-9,15H,10H2,(H,20,22,23). The van der Waals surface area contributed by atoms with Gasteiger partial charge in [0, 0.05) is 10.6 Å². The second-order valence-corrected chi connectivity index (χ2v) is 6.80. The molecule has 1 aliphatic heterocycles. The molecule has 3 rings (SSSR count). The number of amides is 2. The lowest BCUT2D eigenvalue weighted by atomic mass is 10.1. The molecule has 0 spiro atoms. The number of hydrogen-bond donors (Lipinski definition) is 1. The van der Waals surface area contributed by atoms with Gasteiger partial charge in [0.25, 0.3) is 11.1 Å². The molecular formula is C18H13ClN2O4S. The van der Waals surface area contributed by atoms with Crippen molar-refractivity contribution < 1.29 is 14.3 Å². The van der Waals surface area contributed by atoms with Gasteiger partial charge in [0.05, 0.1) is 4.91 Å². The van der Waals surface area contributed by atoms with Crippen molar-refractivity contribution in [1.82, 2.24) is 5.32 Å². The predicted octanol–water partition coefficient (Wildman–Crippen LogP) is 4.55. The average Bonchev–Trinajstić information content (AvgIpc) is 2.95. The molecule has 6 nitrogen and oxygen atoms in total. The molecule has 26 heavy (non-hydrogen) atoms. The third-order valence-corrected chi connectivity index (χ3v) is 4.77. The minimum absolute atomic E-state index is 0.0560. The van der Waals surface area contributed by atoms with E-state index in [1.807, 2.05) is 0 Å². The van der Waals surface area contributed by atoms with Crippen LogP contribution in [0.15, 0.2) is 58.6 Å². The number of imide groups is 1. The molecule has 1 atom stereocenters. The summed E-state index contributed by atoms with van der Waals surface area (Å²) in [7, 11) is 0. The number of ether oxygens (including phenoxy) is 1. The van der Waals surface area contributed by atoms with Gasteiger partial charge in [-0.25, -0.2) is 0 Å². The van der Waals surface area contributed by atoms with Crippen molar-refractivity contribution >= 4 is 40.6 Å². The maximum atomic E-state index is 11.5. The first kappa shape index (κ1) is 18.2. The molecule has 1 fully saturated rings. The van der Waals surface area contributed by atoms with Crippen molar-refractivity contribution in [3.63, 3.8) is 0 Å². The van der Waals surface area contributed by atoms with E-state index in [2.05, 4.69) is 10.5 Å². The molecule has 1 aliphatic rings. The normalized spacial score (nSPS) is 16.4. The van der Waals surface area contributed by atoms with E-state index in [1.54, 1.807) is 54.6 Å². The molecule has 2 aromatic rings. The van der Waals surface area contributed by atoms with Crippen molar-refractivity contribution in [2.45, 2.75) is 6.04 Å². The van der Waals surface area contributed by atoms with Gasteiger partial charge in [0.2, 0.25) is 0 Å². The molecule has 1 saturated heterocycles. The zero-order valence-electron chi connectivity index (χ0n) is 13.3. The molecule has 0 saturated carbocycles. The largest absolute Gasteiger partial charge is 0.491 e. The van der Waals surface area contributed by atoms with Crippen LogP contribution in [0.3, 0.4) is 0 Å². The first-order chi connectivity index (χ1) is 12.6. The zero-order chi connectivity index (χ0) is 18.5. The van der Waals surface area contributed by atoms with Crippen molar-refractivity contribution in [2.24, 2.45) is 5.18 Å². The lowest BCUT2D eigenvalue weighted by Gasteiger charge is -2.13. The van der Waals surface area contributed by atoms with Gasteiger partial charge in [-0.15, -0.1) is 0 Å². The van der Waals surface area contributed by atoms with Gasteiger partial charge in [-0.1, -0.05) is 47.1 Å². The van der Waals surface area contributed by atoms with Crippen LogP contribution in [0.5, 0.6) is 5.75 Å². The third kappa shape index (κ3) is 4.30. The summed E-state index contributed by atoms with van der Waals surface area (Å²) < 4.78 is 5.62. The SMILES string of the molecule is O=NC(COc1ccc(C=C2SC(=O)NC2=O)cc1)c1ccccc1Cl. The molecule has 132 valence electrons. The van der Waals surface area contributed by atoms with Crippen molar-refractivity contribution in [1.29, 1.82) is 0 Å². The summed E-state index contributed by atoms with van der Waals surface area (Å²) >= 11 is 6.94. The molecular weight excluding hydrogens is 376 g/mol. The number of nitroso groups, excluding NO2 is 1. The van der Waals surface area contributed by atoms with Crippen LogP contribution in [0, 0.1) is 4.91 Å². The Balaban J connectivity index is 1.65. The molecule has 1 unspecified atom stereocenters. The first-order valence-corrected chi connectivity index (χ1v) is 8.81. The van der Waals surface area contributed by atoms with Gasteiger partial charge in [0.1, 0.15) is 12.4 Å². The number of carbonyl (C=O) groups is 2. The maximum absolute atomic E-state index is 11.5. The van der Waals surface area contributed by atoms with Gasteiger partial charge in [0.15, 0.2) is 6.04 Å². The van der Waals surface area contributed by atoms with Crippen LogP contribution in [0.2, 0.25) is 5.02 Å². The molecule has 0 aliphatic carbocycles. The van der Waals surface area contributed by atoms with E-state index in [1.165, 1.54) is 0 Å². The van der Waals surface area contributed by atoms with Gasteiger partial charge >= 0.3 is 0 Å². The lowest BCUT2D eigenvalue weighted by molar-refractivity contribution is -0.115. The first-order valence-electron chi connectivity index (χ1n) is 7.61. The van der Waals surface area contributed by atoms with E-state index < -0.39 is 11.9 Å². The van der Waals surface area contributed by atoms with Crippen molar-refractivity contribution in [3.05, 3.63) is 74.5 Å². The fourth-order valence-corrected chi connectivity index (χ4v) is 3.27. The van der Waals surface area contributed by atoms with Crippen LogP contribution in [0.1, 0.15) is 17.2 Å². The van der Waals surface area contributed by atoms with Gasteiger partial charge < -0.3 is 4.74 Å².